The molecular formula is C28H32N6O5S. The smallest absolute Gasteiger partial charge is 0.245 e. The van der Waals surface area contributed by atoms with Crippen molar-refractivity contribution in [2.24, 2.45) is 11.8 Å². The minimum Gasteiger partial charge on any atom is -0.494 e. The van der Waals surface area contributed by atoms with Crippen molar-refractivity contribution < 1.29 is 24.2 Å². The van der Waals surface area contributed by atoms with Crippen LogP contribution in [0.5, 0.6) is 5.75 Å². The summed E-state index contributed by atoms with van der Waals surface area (Å²) in [6.45, 7) is 3.98. The van der Waals surface area contributed by atoms with Gasteiger partial charge in [0.15, 0.2) is 0 Å². The van der Waals surface area contributed by atoms with E-state index in [1.54, 1.807) is 47.6 Å². The molecule has 3 aliphatic rings. The lowest BCUT2D eigenvalue weighted by atomic mass is 9.70. The van der Waals surface area contributed by atoms with Gasteiger partial charge in [0.1, 0.15) is 24.0 Å². The van der Waals surface area contributed by atoms with E-state index in [4.69, 9.17) is 4.74 Å². The highest BCUT2D eigenvalue weighted by molar-refractivity contribution is 8.02. The third-order valence-electron chi connectivity index (χ3n) is 8.28. The summed E-state index contributed by atoms with van der Waals surface area (Å²) in [6, 6.07) is 13.2. The van der Waals surface area contributed by atoms with Gasteiger partial charge < -0.3 is 25.4 Å². The van der Waals surface area contributed by atoms with Crippen molar-refractivity contribution in [2.75, 3.05) is 18.5 Å². The van der Waals surface area contributed by atoms with Gasteiger partial charge in [-0.2, -0.15) is 0 Å². The minimum absolute atomic E-state index is 0.0715. The van der Waals surface area contributed by atoms with Crippen LogP contribution in [0.25, 0.3) is 11.0 Å². The number of hydrogen-bond acceptors (Lipinski definition) is 8. The zero-order valence-electron chi connectivity index (χ0n) is 22.3. The molecular weight excluding hydrogens is 532 g/mol. The largest absolute Gasteiger partial charge is 0.494 e. The molecule has 2 bridgehead atoms. The summed E-state index contributed by atoms with van der Waals surface area (Å²) < 4.78 is 6.34. The summed E-state index contributed by atoms with van der Waals surface area (Å²) in [5.74, 6) is -1.33. The molecule has 12 heteroatoms. The first kappa shape index (κ1) is 26.6. The normalized spacial score (nSPS) is 27.6. The fourth-order valence-electron chi connectivity index (χ4n) is 6.56. The van der Waals surface area contributed by atoms with Gasteiger partial charge in [-0.3, -0.25) is 14.4 Å². The van der Waals surface area contributed by atoms with Gasteiger partial charge in [0.05, 0.1) is 41.4 Å². The van der Waals surface area contributed by atoms with Crippen LogP contribution in [0, 0.1) is 11.8 Å². The van der Waals surface area contributed by atoms with Crippen LogP contribution in [0.1, 0.15) is 26.7 Å². The number of nitrogens with one attached hydrogen (secondary N) is 2. The fourth-order valence-corrected chi connectivity index (χ4v) is 8.77. The maximum atomic E-state index is 14.0. The number of para-hydroxylation sites is 1. The highest BCUT2D eigenvalue weighted by Gasteiger charge is 2.74. The number of carbonyl (C=O) groups excluding carboxylic acids is 3. The van der Waals surface area contributed by atoms with Crippen molar-refractivity contribution in [2.45, 2.75) is 55.4 Å². The number of rotatable bonds is 9. The summed E-state index contributed by atoms with van der Waals surface area (Å²) in [6.07, 6.45) is 1.37. The molecule has 3 fully saturated rings. The van der Waals surface area contributed by atoms with Gasteiger partial charge in [-0.05, 0) is 63.1 Å². The molecule has 6 atom stereocenters. The lowest BCUT2D eigenvalue weighted by molar-refractivity contribution is -0.141. The lowest BCUT2D eigenvalue weighted by Crippen LogP contribution is -2.56. The molecule has 3 amide bonds. The van der Waals surface area contributed by atoms with Gasteiger partial charge in [-0.25, -0.2) is 4.68 Å². The number of amides is 3. The van der Waals surface area contributed by atoms with E-state index in [2.05, 4.69) is 20.9 Å². The average molecular weight is 565 g/mol. The first-order chi connectivity index (χ1) is 19.4. The molecule has 0 saturated carbocycles. The molecule has 0 radical (unpaired) electrons. The number of aliphatic hydroxyl groups is 1. The molecule has 2 aromatic carbocycles. The quantitative estimate of drug-likeness (QED) is 0.359. The van der Waals surface area contributed by atoms with Crippen molar-refractivity contribution in [3.8, 4) is 5.75 Å². The van der Waals surface area contributed by atoms with Crippen LogP contribution in [0.4, 0.5) is 5.69 Å². The van der Waals surface area contributed by atoms with Crippen molar-refractivity contribution in [1.82, 2.24) is 25.2 Å². The Morgan fingerprint density at radius 3 is 2.73 bits per heavy atom. The second kappa shape index (κ2) is 10.4. The third-order valence-corrected chi connectivity index (χ3v) is 10.2. The number of thioether (sulfide) groups is 1. The first-order valence-electron chi connectivity index (χ1n) is 13.6. The number of aliphatic hydroxyl groups excluding tert-OH is 1. The van der Waals surface area contributed by atoms with Crippen LogP contribution in [0.2, 0.25) is 0 Å². The monoisotopic (exact) mass is 564 g/mol. The predicted molar refractivity (Wildman–Crippen MR) is 149 cm³/mol. The van der Waals surface area contributed by atoms with E-state index in [0.29, 0.717) is 30.0 Å². The molecule has 3 N–H and O–H groups in total. The van der Waals surface area contributed by atoms with E-state index in [-0.39, 0.29) is 36.2 Å². The van der Waals surface area contributed by atoms with Gasteiger partial charge in [0.2, 0.25) is 17.7 Å². The topological polar surface area (TPSA) is 139 Å². The van der Waals surface area contributed by atoms with Crippen molar-refractivity contribution >= 4 is 46.2 Å². The Morgan fingerprint density at radius 1 is 1.20 bits per heavy atom. The Balaban J connectivity index is 1.25. The standard InChI is InChI=1S/C28H32N6O5S/c1-3-39-18-10-8-17(9-11-18)30-25(36)22-21-12-13-28(40-21)23(22)27(38)34(16(2)14-35)24(28)26(37)29-15-33-20-7-5-4-6-19(20)31-32-33/h4-11,16,21-24,35H,3,12-15H2,1-2H3,(H,29,37)(H,30,36)/t16-,21+,22-,23+,24?,28?/m1/s1. The second-order valence-corrected chi connectivity index (χ2v) is 12.2. The van der Waals surface area contributed by atoms with Crippen LogP contribution in [0.3, 0.4) is 0 Å². The highest BCUT2D eigenvalue weighted by atomic mass is 32.2. The van der Waals surface area contributed by atoms with Gasteiger partial charge in [0.25, 0.3) is 0 Å². The Bertz CT molecular complexity index is 1450. The summed E-state index contributed by atoms with van der Waals surface area (Å²) >= 11 is 1.58. The average Bonchev–Trinajstić information content (AvgIpc) is 3.71. The summed E-state index contributed by atoms with van der Waals surface area (Å²) in [4.78, 5) is 43.0. The lowest BCUT2D eigenvalue weighted by Gasteiger charge is -2.35. The fraction of sp³-hybridized carbons (Fsp3) is 0.464. The Morgan fingerprint density at radius 2 is 1.98 bits per heavy atom. The molecule has 1 spiro atoms. The summed E-state index contributed by atoms with van der Waals surface area (Å²) in [5, 5.41) is 24.2. The maximum Gasteiger partial charge on any atom is 0.245 e. The molecule has 6 rings (SSSR count). The molecule has 3 aliphatic heterocycles. The zero-order chi connectivity index (χ0) is 28.0. The SMILES string of the molecule is CCOc1ccc(NC(=O)[C@@H]2[C@@H]3CCC4(S3)C(C(=O)NCn3nnc5ccccc53)N([C@H](C)CO)C(=O)[C@H]24)cc1. The molecule has 0 aliphatic carbocycles. The molecule has 1 aromatic heterocycles. The summed E-state index contributed by atoms with van der Waals surface area (Å²) in [7, 11) is 0. The van der Waals surface area contributed by atoms with Crippen molar-refractivity contribution in [3.05, 3.63) is 48.5 Å². The van der Waals surface area contributed by atoms with Crippen molar-refractivity contribution in [3.63, 3.8) is 0 Å². The van der Waals surface area contributed by atoms with Gasteiger partial charge in [0, 0.05) is 10.9 Å². The molecule has 2 unspecified atom stereocenters. The number of ether oxygens (including phenoxy) is 1. The molecule has 210 valence electrons. The number of hydrogen-bond donors (Lipinski definition) is 3. The van der Waals surface area contributed by atoms with E-state index < -0.39 is 28.7 Å². The molecule has 4 heterocycles. The Labute approximate surface area is 235 Å². The number of likely N-dealkylation sites (tertiary alicyclic amines) is 1. The van der Waals surface area contributed by atoms with E-state index in [0.717, 1.165) is 11.9 Å². The number of carbonyl (C=O) groups is 3. The van der Waals surface area contributed by atoms with E-state index in [9.17, 15) is 19.5 Å². The van der Waals surface area contributed by atoms with Gasteiger partial charge in [-0.1, -0.05) is 17.3 Å². The highest BCUT2D eigenvalue weighted by Crippen LogP contribution is 2.66. The number of aromatic nitrogens is 3. The van der Waals surface area contributed by atoms with Crippen molar-refractivity contribution in [1.29, 1.82) is 0 Å². The number of fused-ring (bicyclic) bond motifs is 2. The first-order valence-corrected chi connectivity index (χ1v) is 14.5. The number of nitrogens with zero attached hydrogens (tertiary/aromatic N) is 4. The zero-order valence-corrected chi connectivity index (χ0v) is 23.1. The van der Waals surface area contributed by atoms with E-state index >= 15 is 0 Å². The van der Waals surface area contributed by atoms with Crippen LogP contribution >= 0.6 is 11.8 Å². The third kappa shape index (κ3) is 4.21. The van der Waals surface area contributed by atoms with Crippen LogP contribution in [0.15, 0.2) is 48.5 Å². The van der Waals surface area contributed by atoms with Gasteiger partial charge in [-0.15, -0.1) is 16.9 Å². The predicted octanol–water partition coefficient (Wildman–Crippen LogP) is 2.01. The molecule has 40 heavy (non-hydrogen) atoms. The Hall–Kier alpha value is -3.64. The molecule has 3 aromatic rings. The van der Waals surface area contributed by atoms with E-state index in [1.165, 1.54) is 4.90 Å². The Kier molecular flexibility index (Phi) is 6.91. The maximum absolute atomic E-state index is 14.0. The number of anilines is 1. The van der Waals surface area contributed by atoms with Crippen LogP contribution < -0.4 is 15.4 Å². The van der Waals surface area contributed by atoms with E-state index in [1.807, 2.05) is 31.2 Å². The second-order valence-electron chi connectivity index (χ2n) is 10.6. The van der Waals surface area contributed by atoms with Gasteiger partial charge >= 0.3 is 0 Å². The molecule has 11 nitrogen and oxygen atoms in total. The summed E-state index contributed by atoms with van der Waals surface area (Å²) in [5.41, 5.74) is 2.12. The van der Waals surface area contributed by atoms with Crippen LogP contribution in [-0.4, -0.2) is 78.0 Å². The molecule has 3 saturated heterocycles. The number of benzene rings is 2. The van der Waals surface area contributed by atoms with Crippen LogP contribution in [-0.2, 0) is 21.1 Å². The minimum atomic E-state index is -0.819.